The Morgan fingerprint density at radius 2 is 1.38 bits per heavy atom. The van der Waals surface area contributed by atoms with E-state index in [4.69, 9.17) is 0 Å². The van der Waals surface area contributed by atoms with Gasteiger partial charge in [-0.2, -0.15) is 0 Å². The maximum atomic E-state index is 12.5. The van der Waals surface area contributed by atoms with Crippen LogP contribution < -0.4 is 0 Å². The third-order valence-corrected chi connectivity index (χ3v) is 6.14. The molecule has 1 aromatic carbocycles. The van der Waals surface area contributed by atoms with Gasteiger partial charge in [0.2, 0.25) is 11.8 Å². The molecule has 0 bridgehead atoms. The normalized spacial score (nSPS) is 19.2. The Hall–Kier alpha value is -1.53. The summed E-state index contributed by atoms with van der Waals surface area (Å²) in [6.45, 7) is 5.36. The summed E-state index contributed by atoms with van der Waals surface area (Å²) >= 11 is 1.59. The highest BCUT2D eigenvalue weighted by Crippen LogP contribution is 2.18. The third kappa shape index (κ3) is 5.74. The Labute approximate surface area is 160 Å². The van der Waals surface area contributed by atoms with Crippen LogP contribution in [0.2, 0.25) is 0 Å². The minimum absolute atomic E-state index is 0.192. The fraction of sp³-hybridized carbons (Fsp3) is 0.600. The van der Waals surface area contributed by atoms with Gasteiger partial charge in [0.05, 0.1) is 12.3 Å². The molecule has 2 saturated heterocycles. The van der Waals surface area contributed by atoms with Crippen molar-refractivity contribution in [2.24, 2.45) is 0 Å². The van der Waals surface area contributed by atoms with E-state index in [1.165, 1.54) is 12.8 Å². The Kier molecular flexibility index (Phi) is 7.38. The predicted octanol–water partition coefficient (Wildman–Crippen LogP) is 2.33. The molecule has 0 N–H and O–H groups in total. The zero-order valence-electron chi connectivity index (χ0n) is 15.4. The molecule has 2 fully saturated rings. The second-order valence-electron chi connectivity index (χ2n) is 7.05. The van der Waals surface area contributed by atoms with Crippen LogP contribution in [-0.4, -0.2) is 78.1 Å². The van der Waals surface area contributed by atoms with Crippen molar-refractivity contribution in [2.45, 2.75) is 30.6 Å². The lowest BCUT2D eigenvalue weighted by atomic mass is 10.2. The molecule has 0 unspecified atom stereocenters. The van der Waals surface area contributed by atoms with Crippen LogP contribution in [0.15, 0.2) is 35.2 Å². The standard InChI is InChI=1S/C20H29N3O2S/c24-19(22-10-6-1-2-7-11-22)16-21-12-14-23(15-13-21)20(25)17-26-18-8-4-3-5-9-18/h3-5,8-9H,1-2,6-7,10-17H2. The number of hydrogen-bond acceptors (Lipinski definition) is 4. The highest BCUT2D eigenvalue weighted by atomic mass is 32.2. The third-order valence-electron chi connectivity index (χ3n) is 5.15. The smallest absolute Gasteiger partial charge is 0.236 e. The Morgan fingerprint density at radius 1 is 0.769 bits per heavy atom. The first kappa shape index (κ1) is 19.2. The summed E-state index contributed by atoms with van der Waals surface area (Å²) in [6, 6.07) is 10.0. The maximum Gasteiger partial charge on any atom is 0.236 e. The molecular formula is C20H29N3O2S. The van der Waals surface area contributed by atoms with Gasteiger partial charge in [-0.05, 0) is 25.0 Å². The van der Waals surface area contributed by atoms with E-state index in [1.54, 1.807) is 11.8 Å². The van der Waals surface area contributed by atoms with Crippen LogP contribution in [0.25, 0.3) is 0 Å². The Morgan fingerprint density at radius 3 is 2.04 bits per heavy atom. The molecule has 0 saturated carbocycles. The van der Waals surface area contributed by atoms with E-state index in [2.05, 4.69) is 4.90 Å². The summed E-state index contributed by atoms with van der Waals surface area (Å²) in [7, 11) is 0. The van der Waals surface area contributed by atoms with Crippen molar-refractivity contribution in [3.8, 4) is 0 Å². The van der Waals surface area contributed by atoms with E-state index in [9.17, 15) is 9.59 Å². The van der Waals surface area contributed by atoms with E-state index in [0.29, 0.717) is 12.3 Å². The molecule has 2 amide bonds. The molecule has 5 nitrogen and oxygen atoms in total. The zero-order chi connectivity index (χ0) is 18.2. The number of hydrogen-bond donors (Lipinski definition) is 0. The highest BCUT2D eigenvalue weighted by Gasteiger charge is 2.24. The largest absolute Gasteiger partial charge is 0.342 e. The number of rotatable bonds is 5. The number of piperazine rings is 1. The minimum Gasteiger partial charge on any atom is -0.342 e. The average Bonchev–Trinajstić information content (AvgIpc) is 2.97. The summed E-state index contributed by atoms with van der Waals surface area (Å²) < 4.78 is 0. The second kappa shape index (κ2) is 9.97. The van der Waals surface area contributed by atoms with Gasteiger partial charge in [0.15, 0.2) is 0 Å². The van der Waals surface area contributed by atoms with Crippen LogP contribution in [0.1, 0.15) is 25.7 Å². The molecule has 1 aromatic rings. The van der Waals surface area contributed by atoms with Gasteiger partial charge < -0.3 is 9.80 Å². The molecule has 0 radical (unpaired) electrons. The molecule has 0 atom stereocenters. The van der Waals surface area contributed by atoms with Crippen molar-refractivity contribution >= 4 is 23.6 Å². The Bertz CT molecular complexity index is 580. The summed E-state index contributed by atoms with van der Waals surface area (Å²) in [5.41, 5.74) is 0. The van der Waals surface area contributed by atoms with Crippen molar-refractivity contribution < 1.29 is 9.59 Å². The molecule has 6 heteroatoms. The van der Waals surface area contributed by atoms with Gasteiger partial charge in [0.25, 0.3) is 0 Å². The molecular weight excluding hydrogens is 346 g/mol. The van der Waals surface area contributed by atoms with Gasteiger partial charge in [0, 0.05) is 44.2 Å². The van der Waals surface area contributed by atoms with E-state index in [-0.39, 0.29) is 11.8 Å². The summed E-state index contributed by atoms with van der Waals surface area (Å²) in [5.74, 6) is 0.931. The van der Waals surface area contributed by atoms with Gasteiger partial charge in [-0.1, -0.05) is 31.0 Å². The van der Waals surface area contributed by atoms with Crippen LogP contribution >= 0.6 is 11.8 Å². The number of likely N-dealkylation sites (tertiary alicyclic amines) is 1. The molecule has 2 aliphatic rings. The zero-order valence-corrected chi connectivity index (χ0v) is 16.3. The second-order valence-corrected chi connectivity index (χ2v) is 8.10. The summed E-state index contributed by atoms with van der Waals surface area (Å²) in [6.07, 6.45) is 4.75. The molecule has 3 rings (SSSR count). The number of benzene rings is 1. The van der Waals surface area contributed by atoms with Gasteiger partial charge in [0.1, 0.15) is 0 Å². The molecule has 142 valence electrons. The van der Waals surface area contributed by atoms with Gasteiger partial charge in [-0.3, -0.25) is 14.5 Å². The fourth-order valence-electron chi connectivity index (χ4n) is 3.52. The first-order valence-corrected chi connectivity index (χ1v) is 10.7. The van der Waals surface area contributed by atoms with E-state index >= 15 is 0 Å². The average molecular weight is 376 g/mol. The molecule has 0 aromatic heterocycles. The predicted molar refractivity (Wildman–Crippen MR) is 105 cm³/mol. The van der Waals surface area contributed by atoms with Crippen LogP contribution in [0, 0.1) is 0 Å². The topological polar surface area (TPSA) is 43.9 Å². The van der Waals surface area contributed by atoms with E-state index in [1.807, 2.05) is 40.1 Å². The lowest BCUT2D eigenvalue weighted by molar-refractivity contribution is -0.134. The monoisotopic (exact) mass is 375 g/mol. The van der Waals surface area contributed by atoms with Gasteiger partial charge in [-0.15, -0.1) is 11.8 Å². The minimum atomic E-state index is 0.192. The molecule has 0 aliphatic carbocycles. The quantitative estimate of drug-likeness (QED) is 0.741. The number of carbonyl (C=O) groups is 2. The molecule has 0 spiro atoms. The summed E-state index contributed by atoms with van der Waals surface area (Å²) in [4.78, 5) is 32.2. The van der Waals surface area contributed by atoms with Crippen molar-refractivity contribution in [3.63, 3.8) is 0 Å². The first-order valence-electron chi connectivity index (χ1n) is 9.68. The van der Waals surface area contributed by atoms with Crippen LogP contribution in [0.4, 0.5) is 0 Å². The summed E-state index contributed by atoms with van der Waals surface area (Å²) in [5, 5.41) is 0. The Balaban J connectivity index is 1.38. The van der Waals surface area contributed by atoms with Crippen LogP contribution in [0.3, 0.4) is 0 Å². The van der Waals surface area contributed by atoms with Gasteiger partial charge >= 0.3 is 0 Å². The number of thioether (sulfide) groups is 1. The number of amides is 2. The van der Waals surface area contributed by atoms with E-state index < -0.39 is 0 Å². The van der Waals surface area contributed by atoms with Crippen molar-refractivity contribution in [3.05, 3.63) is 30.3 Å². The van der Waals surface area contributed by atoms with Crippen LogP contribution in [0.5, 0.6) is 0 Å². The number of carbonyl (C=O) groups excluding carboxylic acids is 2. The van der Waals surface area contributed by atoms with Crippen molar-refractivity contribution in [2.75, 3.05) is 51.6 Å². The highest BCUT2D eigenvalue weighted by molar-refractivity contribution is 8.00. The molecule has 26 heavy (non-hydrogen) atoms. The van der Waals surface area contributed by atoms with Gasteiger partial charge in [-0.25, -0.2) is 0 Å². The van der Waals surface area contributed by atoms with Crippen molar-refractivity contribution in [1.29, 1.82) is 0 Å². The molecule has 2 aliphatic heterocycles. The first-order chi connectivity index (χ1) is 12.7. The van der Waals surface area contributed by atoms with Crippen LogP contribution in [-0.2, 0) is 9.59 Å². The lowest BCUT2D eigenvalue weighted by Crippen LogP contribution is -2.52. The molecule has 2 heterocycles. The van der Waals surface area contributed by atoms with Crippen molar-refractivity contribution in [1.82, 2.24) is 14.7 Å². The van der Waals surface area contributed by atoms with E-state index in [0.717, 1.165) is 57.0 Å². The maximum absolute atomic E-state index is 12.5. The number of nitrogens with zero attached hydrogens (tertiary/aromatic N) is 3. The lowest BCUT2D eigenvalue weighted by Gasteiger charge is -2.35. The fourth-order valence-corrected chi connectivity index (χ4v) is 4.34. The SMILES string of the molecule is O=C(CSc1ccccc1)N1CCN(CC(=O)N2CCCCCC2)CC1.